The zero-order valence-corrected chi connectivity index (χ0v) is 10.2. The van der Waals surface area contributed by atoms with Crippen molar-refractivity contribution in [2.24, 2.45) is 0 Å². The number of hydrogen-bond acceptors (Lipinski definition) is 1. The topological polar surface area (TPSA) is 9.23 Å². The van der Waals surface area contributed by atoms with Gasteiger partial charge in [-0.25, -0.2) is 4.39 Å². The molecule has 0 unspecified atom stereocenters. The summed E-state index contributed by atoms with van der Waals surface area (Å²) in [7, 11) is 0. The van der Waals surface area contributed by atoms with Crippen LogP contribution in [0.2, 0.25) is 5.02 Å². The van der Waals surface area contributed by atoms with Crippen molar-refractivity contribution in [3.8, 4) is 5.75 Å². The highest BCUT2D eigenvalue weighted by Crippen LogP contribution is 2.21. The van der Waals surface area contributed by atoms with E-state index in [0.717, 1.165) is 5.56 Å². The zero-order valence-electron chi connectivity index (χ0n) is 9.41. The summed E-state index contributed by atoms with van der Waals surface area (Å²) in [5.41, 5.74) is 2.23. The highest BCUT2D eigenvalue weighted by atomic mass is 35.5. The number of ether oxygens (including phenoxy) is 1. The summed E-state index contributed by atoms with van der Waals surface area (Å²) in [5.74, 6) is 0.0156. The second-order valence-corrected chi connectivity index (χ2v) is 4.26. The molecule has 0 saturated carbocycles. The van der Waals surface area contributed by atoms with Gasteiger partial charge in [0, 0.05) is 6.07 Å². The van der Waals surface area contributed by atoms with E-state index in [1.807, 2.05) is 31.2 Å². The molecule has 0 fully saturated rings. The summed E-state index contributed by atoms with van der Waals surface area (Å²) >= 11 is 5.59. The van der Waals surface area contributed by atoms with Gasteiger partial charge in [-0.3, -0.25) is 0 Å². The van der Waals surface area contributed by atoms with Crippen molar-refractivity contribution < 1.29 is 9.13 Å². The van der Waals surface area contributed by atoms with Crippen LogP contribution in [0.5, 0.6) is 5.75 Å². The number of benzene rings is 2. The predicted molar refractivity (Wildman–Crippen MR) is 66.9 cm³/mol. The van der Waals surface area contributed by atoms with Gasteiger partial charge in [0.2, 0.25) is 0 Å². The molecule has 0 heterocycles. The molecule has 0 saturated heterocycles. The Labute approximate surface area is 105 Å². The molecule has 0 amide bonds. The van der Waals surface area contributed by atoms with Crippen molar-refractivity contribution in [2.75, 3.05) is 0 Å². The van der Waals surface area contributed by atoms with E-state index in [1.54, 1.807) is 6.07 Å². The molecule has 2 aromatic rings. The first-order chi connectivity index (χ1) is 8.15. The van der Waals surface area contributed by atoms with E-state index in [9.17, 15) is 4.39 Å². The van der Waals surface area contributed by atoms with Crippen LogP contribution in [0, 0.1) is 12.7 Å². The number of halogens is 2. The molecule has 2 aromatic carbocycles. The van der Waals surface area contributed by atoms with Gasteiger partial charge in [-0.15, -0.1) is 0 Å². The van der Waals surface area contributed by atoms with Crippen LogP contribution in [0.4, 0.5) is 4.39 Å². The van der Waals surface area contributed by atoms with Crippen LogP contribution in [0.25, 0.3) is 0 Å². The Morgan fingerprint density at radius 3 is 2.71 bits per heavy atom. The summed E-state index contributed by atoms with van der Waals surface area (Å²) in [6.07, 6.45) is 0. The molecule has 0 aliphatic rings. The van der Waals surface area contributed by atoms with Crippen LogP contribution in [0.3, 0.4) is 0 Å². The Morgan fingerprint density at radius 1 is 1.18 bits per heavy atom. The lowest BCUT2D eigenvalue weighted by Crippen LogP contribution is -1.96. The minimum Gasteiger partial charge on any atom is -0.489 e. The molecule has 0 N–H and O–H groups in total. The molecule has 2 rings (SSSR count). The first-order valence-corrected chi connectivity index (χ1v) is 5.66. The van der Waals surface area contributed by atoms with E-state index in [4.69, 9.17) is 16.3 Å². The quantitative estimate of drug-likeness (QED) is 0.786. The first kappa shape index (κ1) is 11.9. The Kier molecular flexibility index (Phi) is 3.64. The summed E-state index contributed by atoms with van der Waals surface area (Å²) < 4.78 is 18.6. The smallest absolute Gasteiger partial charge is 0.145 e. The van der Waals surface area contributed by atoms with Crippen LogP contribution in [0.15, 0.2) is 42.5 Å². The van der Waals surface area contributed by atoms with Crippen molar-refractivity contribution in [1.82, 2.24) is 0 Å². The number of aryl methyl sites for hydroxylation is 1. The van der Waals surface area contributed by atoms with E-state index < -0.39 is 5.82 Å². The van der Waals surface area contributed by atoms with Gasteiger partial charge in [0.25, 0.3) is 0 Å². The van der Waals surface area contributed by atoms with E-state index in [0.29, 0.717) is 12.4 Å². The third-order valence-electron chi connectivity index (χ3n) is 2.38. The van der Waals surface area contributed by atoms with Gasteiger partial charge < -0.3 is 4.74 Å². The average Bonchev–Trinajstić information content (AvgIpc) is 2.31. The van der Waals surface area contributed by atoms with Crippen molar-refractivity contribution in [3.05, 3.63) is 64.4 Å². The molecular weight excluding hydrogens is 239 g/mol. The van der Waals surface area contributed by atoms with Gasteiger partial charge in [0.05, 0.1) is 5.02 Å². The zero-order chi connectivity index (χ0) is 12.3. The van der Waals surface area contributed by atoms with Crippen LogP contribution in [0.1, 0.15) is 11.1 Å². The Balaban J connectivity index is 2.05. The lowest BCUT2D eigenvalue weighted by molar-refractivity contribution is 0.304. The number of hydrogen-bond donors (Lipinski definition) is 0. The van der Waals surface area contributed by atoms with Gasteiger partial charge in [-0.05, 0) is 24.6 Å². The lowest BCUT2D eigenvalue weighted by atomic mass is 10.1. The maximum atomic E-state index is 13.2. The standard InChI is InChI=1S/C14H12ClFO/c1-10-3-2-4-11(7-10)9-17-12-5-6-13(15)14(16)8-12/h2-8H,9H2,1H3. The SMILES string of the molecule is Cc1cccc(COc2ccc(Cl)c(F)c2)c1. The van der Waals surface area contributed by atoms with Crippen molar-refractivity contribution in [3.63, 3.8) is 0 Å². The maximum absolute atomic E-state index is 13.2. The van der Waals surface area contributed by atoms with Gasteiger partial charge in [-0.1, -0.05) is 41.4 Å². The van der Waals surface area contributed by atoms with E-state index >= 15 is 0 Å². The van der Waals surface area contributed by atoms with Crippen LogP contribution < -0.4 is 4.74 Å². The molecule has 1 nitrogen and oxygen atoms in total. The van der Waals surface area contributed by atoms with Crippen LogP contribution >= 0.6 is 11.6 Å². The van der Waals surface area contributed by atoms with Gasteiger partial charge >= 0.3 is 0 Å². The average molecular weight is 251 g/mol. The highest BCUT2D eigenvalue weighted by molar-refractivity contribution is 6.30. The molecule has 17 heavy (non-hydrogen) atoms. The van der Waals surface area contributed by atoms with Gasteiger partial charge in [-0.2, -0.15) is 0 Å². The molecule has 0 spiro atoms. The van der Waals surface area contributed by atoms with E-state index in [2.05, 4.69) is 0 Å². The molecule has 0 aliphatic carbocycles. The fraction of sp³-hybridized carbons (Fsp3) is 0.143. The highest BCUT2D eigenvalue weighted by Gasteiger charge is 2.02. The monoisotopic (exact) mass is 250 g/mol. The minimum absolute atomic E-state index is 0.105. The number of rotatable bonds is 3. The largest absolute Gasteiger partial charge is 0.489 e. The third kappa shape index (κ3) is 3.21. The molecule has 88 valence electrons. The molecule has 0 atom stereocenters. The second kappa shape index (κ2) is 5.19. The molecule has 3 heteroatoms. The Morgan fingerprint density at radius 2 is 2.00 bits per heavy atom. The van der Waals surface area contributed by atoms with Crippen LogP contribution in [-0.4, -0.2) is 0 Å². The van der Waals surface area contributed by atoms with Gasteiger partial charge in [0.15, 0.2) is 0 Å². The van der Waals surface area contributed by atoms with Crippen molar-refractivity contribution in [2.45, 2.75) is 13.5 Å². The predicted octanol–water partition coefficient (Wildman–Crippen LogP) is 4.37. The molecule has 0 aromatic heterocycles. The fourth-order valence-corrected chi connectivity index (χ4v) is 1.65. The van der Waals surface area contributed by atoms with E-state index in [-0.39, 0.29) is 5.02 Å². The van der Waals surface area contributed by atoms with Crippen molar-refractivity contribution in [1.29, 1.82) is 0 Å². The normalized spacial score (nSPS) is 10.3. The Bertz CT molecular complexity index is 525. The molecular formula is C14H12ClFO. The fourth-order valence-electron chi connectivity index (χ4n) is 1.54. The lowest BCUT2D eigenvalue weighted by Gasteiger charge is -2.07. The molecule has 0 radical (unpaired) electrons. The summed E-state index contributed by atoms with van der Waals surface area (Å²) in [4.78, 5) is 0. The second-order valence-electron chi connectivity index (χ2n) is 3.85. The van der Waals surface area contributed by atoms with E-state index in [1.165, 1.54) is 17.7 Å². The minimum atomic E-state index is -0.464. The molecule has 0 aliphatic heterocycles. The Hall–Kier alpha value is -1.54. The summed E-state index contributed by atoms with van der Waals surface area (Å²) in [6.45, 7) is 2.44. The third-order valence-corrected chi connectivity index (χ3v) is 2.69. The maximum Gasteiger partial charge on any atom is 0.145 e. The van der Waals surface area contributed by atoms with Crippen molar-refractivity contribution >= 4 is 11.6 Å². The first-order valence-electron chi connectivity index (χ1n) is 5.28. The van der Waals surface area contributed by atoms with Gasteiger partial charge in [0.1, 0.15) is 18.2 Å². The summed E-state index contributed by atoms with van der Waals surface area (Å²) in [6, 6.07) is 12.4. The molecule has 0 bridgehead atoms. The summed E-state index contributed by atoms with van der Waals surface area (Å²) in [5, 5.41) is 0.105. The van der Waals surface area contributed by atoms with Crippen LogP contribution in [-0.2, 0) is 6.61 Å².